The average Bonchev–Trinajstić information content (AvgIpc) is 1.72. The molecule has 0 unspecified atom stereocenters. The minimum absolute atomic E-state index is 1.07. The predicted molar refractivity (Wildman–Crippen MR) is 33.8 cm³/mol. The third kappa shape index (κ3) is 26.8. The van der Waals surface area contributed by atoms with Crippen LogP contribution in [0.2, 0.25) is 0 Å². The fourth-order valence-corrected chi connectivity index (χ4v) is 0. The van der Waals surface area contributed by atoms with Crippen LogP contribution in [-0.4, -0.2) is 6.26 Å². The molecular weight excluding hydrogens is 92.1 g/mol. The van der Waals surface area contributed by atoms with Crippen LogP contribution < -0.4 is 0 Å². The van der Waals surface area contributed by atoms with E-state index in [2.05, 4.69) is 26.5 Å². The monoisotopic (exact) mass is 104 g/mol. The molecular formula is C5H12S. The van der Waals surface area contributed by atoms with Gasteiger partial charge in [0.05, 0.1) is 0 Å². The second kappa shape index (κ2) is 18.3. The molecule has 0 aromatic carbocycles. The maximum absolute atomic E-state index is 4.08. The Morgan fingerprint density at radius 2 is 1.67 bits per heavy atom. The molecule has 0 nitrogen and oxygen atoms in total. The Labute approximate surface area is 46.4 Å². The number of hydrogen-bond acceptors (Lipinski definition) is 0. The summed E-state index contributed by atoms with van der Waals surface area (Å²) in [5, 5.41) is 0. The zero-order chi connectivity index (χ0) is 5.41. The van der Waals surface area contributed by atoms with E-state index in [0.717, 1.165) is 6.42 Å². The van der Waals surface area contributed by atoms with Crippen molar-refractivity contribution in [2.24, 2.45) is 0 Å². The fraction of sp³-hybridized carbons (Fsp3) is 0.800. The highest BCUT2D eigenvalue weighted by molar-refractivity contribution is 7.79. The predicted octanol–water partition coefficient (Wildman–Crippen LogP) is 2.43. The zero-order valence-corrected chi connectivity index (χ0v) is 5.35. The van der Waals surface area contributed by atoms with Crippen LogP contribution in [0, 0.1) is 6.92 Å². The standard InChI is InChI=1S/C4H9.CH3S/c1-3-4-2;1-2/h1,3-4H2,2H3;1H3. The Morgan fingerprint density at radius 3 is 1.67 bits per heavy atom. The van der Waals surface area contributed by atoms with Gasteiger partial charge in [-0.2, -0.15) is 0 Å². The zero-order valence-electron chi connectivity index (χ0n) is 4.53. The van der Waals surface area contributed by atoms with Gasteiger partial charge in [0.25, 0.3) is 0 Å². The number of unbranched alkanes of at least 4 members (excludes halogenated alkanes) is 1. The maximum Gasteiger partial charge on any atom is -0.00793 e. The molecule has 0 fully saturated rings. The summed E-state index contributed by atoms with van der Waals surface area (Å²) < 4.78 is 0. The molecule has 0 bridgehead atoms. The molecule has 0 atom stereocenters. The Bertz CT molecular complexity index is 5.90. The molecule has 0 heterocycles. The summed E-state index contributed by atoms with van der Waals surface area (Å²) in [5.41, 5.74) is 0. The van der Waals surface area contributed by atoms with Crippen LogP contribution in [0.3, 0.4) is 0 Å². The first-order valence-corrected chi connectivity index (χ1v) is 2.93. The van der Waals surface area contributed by atoms with Crippen LogP contribution in [0.1, 0.15) is 19.8 Å². The fourth-order valence-electron chi connectivity index (χ4n) is 0. The summed E-state index contributed by atoms with van der Waals surface area (Å²) in [6.45, 7) is 5.72. The summed E-state index contributed by atoms with van der Waals surface area (Å²) in [6, 6.07) is 0. The van der Waals surface area contributed by atoms with Gasteiger partial charge >= 0.3 is 0 Å². The quantitative estimate of drug-likeness (QED) is 0.479. The van der Waals surface area contributed by atoms with E-state index in [9.17, 15) is 0 Å². The largest absolute Gasteiger partial charge is 0.0979 e. The van der Waals surface area contributed by atoms with Gasteiger partial charge in [-0.3, -0.25) is 0 Å². The van der Waals surface area contributed by atoms with Crippen molar-refractivity contribution >= 4 is 12.6 Å². The molecule has 38 valence electrons. The minimum Gasteiger partial charge on any atom is -0.0979 e. The van der Waals surface area contributed by atoms with Gasteiger partial charge in [0.2, 0.25) is 0 Å². The molecule has 2 radical (unpaired) electrons. The molecule has 1 heteroatoms. The molecule has 0 aliphatic rings. The van der Waals surface area contributed by atoms with Gasteiger partial charge in [-0.25, -0.2) is 0 Å². The summed E-state index contributed by atoms with van der Waals surface area (Å²) >= 11 is 4.08. The Hall–Kier alpha value is 0.350. The van der Waals surface area contributed by atoms with Crippen molar-refractivity contribution in [2.75, 3.05) is 6.26 Å². The van der Waals surface area contributed by atoms with E-state index < -0.39 is 0 Å². The van der Waals surface area contributed by atoms with Gasteiger partial charge in [0.15, 0.2) is 0 Å². The summed E-state index contributed by atoms with van der Waals surface area (Å²) in [7, 11) is 0. The van der Waals surface area contributed by atoms with Crippen molar-refractivity contribution < 1.29 is 0 Å². The third-order valence-electron chi connectivity index (χ3n) is 0.354. The van der Waals surface area contributed by atoms with Crippen LogP contribution in [0.4, 0.5) is 0 Å². The molecule has 0 aromatic rings. The second-order valence-corrected chi connectivity index (χ2v) is 0.854. The van der Waals surface area contributed by atoms with Gasteiger partial charge in [-0.15, -0.1) is 0 Å². The van der Waals surface area contributed by atoms with E-state index in [1.165, 1.54) is 6.42 Å². The summed E-state index contributed by atoms with van der Waals surface area (Å²) in [4.78, 5) is 0. The van der Waals surface area contributed by atoms with Crippen molar-refractivity contribution in [3.8, 4) is 0 Å². The molecule has 0 rings (SSSR count). The maximum atomic E-state index is 4.08. The second-order valence-electron chi connectivity index (χ2n) is 0.854. The highest BCUT2D eigenvalue weighted by atomic mass is 32.1. The molecule has 0 N–H and O–H groups in total. The molecule has 0 amide bonds. The number of rotatable bonds is 1. The average molecular weight is 104 g/mol. The molecule has 0 spiro atoms. The molecule has 0 saturated carbocycles. The first-order valence-electron chi connectivity index (χ1n) is 2.12. The summed E-state index contributed by atoms with van der Waals surface area (Å²) in [6.07, 6.45) is 3.86. The van der Waals surface area contributed by atoms with Crippen LogP contribution in [-0.2, 0) is 0 Å². The van der Waals surface area contributed by atoms with E-state index in [1.807, 2.05) is 0 Å². The van der Waals surface area contributed by atoms with Gasteiger partial charge in [0.1, 0.15) is 0 Å². The Morgan fingerprint density at radius 1 is 1.50 bits per heavy atom. The van der Waals surface area contributed by atoms with Gasteiger partial charge in [-0.1, -0.05) is 39.3 Å². The smallest absolute Gasteiger partial charge is 0.00793 e. The Balaban J connectivity index is 0. The van der Waals surface area contributed by atoms with Crippen molar-refractivity contribution in [2.45, 2.75) is 19.8 Å². The molecule has 0 aliphatic carbocycles. The lowest BCUT2D eigenvalue weighted by Gasteiger charge is -1.67. The highest BCUT2D eigenvalue weighted by Crippen LogP contribution is 1.75. The van der Waals surface area contributed by atoms with Crippen LogP contribution >= 0.6 is 12.6 Å². The molecule has 0 saturated heterocycles. The van der Waals surface area contributed by atoms with Crippen molar-refractivity contribution in [3.63, 3.8) is 0 Å². The lowest BCUT2D eigenvalue weighted by Crippen LogP contribution is -1.48. The van der Waals surface area contributed by atoms with Crippen LogP contribution in [0.25, 0.3) is 0 Å². The number of hydrogen-bond donors (Lipinski definition) is 0. The Kier molecular flexibility index (Phi) is 29.3. The van der Waals surface area contributed by atoms with Gasteiger partial charge < -0.3 is 0 Å². The highest BCUT2D eigenvalue weighted by Gasteiger charge is 1.56. The third-order valence-corrected chi connectivity index (χ3v) is 0.354. The molecule has 6 heavy (non-hydrogen) atoms. The first kappa shape index (κ1) is 9.61. The molecule has 0 aliphatic heterocycles. The van der Waals surface area contributed by atoms with E-state index in [1.54, 1.807) is 6.26 Å². The van der Waals surface area contributed by atoms with E-state index in [0.29, 0.717) is 0 Å². The first-order chi connectivity index (χ1) is 2.91. The van der Waals surface area contributed by atoms with E-state index >= 15 is 0 Å². The van der Waals surface area contributed by atoms with E-state index in [-0.39, 0.29) is 0 Å². The van der Waals surface area contributed by atoms with Crippen molar-refractivity contribution in [1.29, 1.82) is 0 Å². The lowest BCUT2D eigenvalue weighted by molar-refractivity contribution is 0.956. The van der Waals surface area contributed by atoms with Crippen molar-refractivity contribution in [3.05, 3.63) is 6.92 Å². The van der Waals surface area contributed by atoms with Gasteiger partial charge in [0, 0.05) is 0 Å². The van der Waals surface area contributed by atoms with Crippen molar-refractivity contribution in [1.82, 2.24) is 0 Å². The molecule has 0 aromatic heterocycles. The summed E-state index contributed by atoms with van der Waals surface area (Å²) in [5.74, 6) is 0. The van der Waals surface area contributed by atoms with E-state index in [4.69, 9.17) is 0 Å². The van der Waals surface area contributed by atoms with Crippen LogP contribution in [0.15, 0.2) is 0 Å². The lowest BCUT2D eigenvalue weighted by atomic mass is 10.4. The van der Waals surface area contributed by atoms with Gasteiger partial charge in [-0.05, 0) is 6.26 Å². The topological polar surface area (TPSA) is 0 Å². The SMILES string of the molecule is C[S].[CH2]CCC. The minimum atomic E-state index is 1.07. The normalized spacial score (nSPS) is 6.00. The van der Waals surface area contributed by atoms with Crippen LogP contribution in [0.5, 0.6) is 0 Å².